The Balaban J connectivity index is 1.87. The van der Waals surface area contributed by atoms with Crippen LogP contribution in [0.1, 0.15) is 52.4 Å². The summed E-state index contributed by atoms with van der Waals surface area (Å²) in [6, 6.07) is 0. The highest BCUT2D eigenvalue weighted by Gasteiger charge is 2.17. The normalized spacial score (nSPS) is 26.8. The summed E-state index contributed by atoms with van der Waals surface area (Å²) in [4.78, 5) is 0. The van der Waals surface area contributed by atoms with Gasteiger partial charge in [0.05, 0.1) is 12.7 Å². The zero-order valence-corrected chi connectivity index (χ0v) is 10.4. The van der Waals surface area contributed by atoms with Crippen LogP contribution in [0.3, 0.4) is 0 Å². The number of unbranched alkanes of at least 4 members (excludes halogenated alkanes) is 1. The van der Waals surface area contributed by atoms with Crippen molar-refractivity contribution in [3.63, 3.8) is 0 Å². The van der Waals surface area contributed by atoms with Crippen LogP contribution in [-0.2, 0) is 4.74 Å². The molecule has 0 amide bonds. The average Bonchev–Trinajstić information content (AvgIpc) is 2.26. The average molecular weight is 213 g/mol. The SMILES string of the molecule is CCCCNCCOC1CCC(C)CC1. The molecule has 0 unspecified atom stereocenters. The van der Waals surface area contributed by atoms with E-state index < -0.39 is 0 Å². The minimum absolute atomic E-state index is 0.550. The maximum absolute atomic E-state index is 5.85. The van der Waals surface area contributed by atoms with Crippen LogP contribution in [-0.4, -0.2) is 25.8 Å². The number of nitrogens with one attached hydrogen (secondary N) is 1. The number of ether oxygens (including phenoxy) is 1. The molecule has 0 aromatic heterocycles. The van der Waals surface area contributed by atoms with E-state index in [1.165, 1.54) is 38.5 Å². The van der Waals surface area contributed by atoms with E-state index in [0.29, 0.717) is 6.10 Å². The van der Waals surface area contributed by atoms with Gasteiger partial charge in [0.1, 0.15) is 0 Å². The third-order valence-electron chi connectivity index (χ3n) is 3.30. The molecule has 15 heavy (non-hydrogen) atoms. The first-order valence-corrected chi connectivity index (χ1v) is 6.65. The van der Waals surface area contributed by atoms with Crippen molar-refractivity contribution in [2.45, 2.75) is 58.5 Å². The highest BCUT2D eigenvalue weighted by Crippen LogP contribution is 2.25. The number of rotatable bonds is 7. The molecular formula is C13H27NO. The van der Waals surface area contributed by atoms with Crippen molar-refractivity contribution in [1.29, 1.82) is 0 Å². The molecule has 0 spiro atoms. The fourth-order valence-corrected chi connectivity index (χ4v) is 2.12. The first-order valence-electron chi connectivity index (χ1n) is 6.65. The van der Waals surface area contributed by atoms with Crippen LogP contribution in [0.15, 0.2) is 0 Å². The number of hydrogen-bond acceptors (Lipinski definition) is 2. The zero-order valence-electron chi connectivity index (χ0n) is 10.4. The van der Waals surface area contributed by atoms with E-state index in [1.54, 1.807) is 0 Å². The van der Waals surface area contributed by atoms with E-state index in [9.17, 15) is 0 Å². The summed E-state index contributed by atoms with van der Waals surface area (Å²) in [5, 5.41) is 3.41. The maximum Gasteiger partial charge on any atom is 0.0594 e. The molecule has 1 rings (SSSR count). The second kappa shape index (κ2) is 8.12. The largest absolute Gasteiger partial charge is 0.377 e. The van der Waals surface area contributed by atoms with Crippen molar-refractivity contribution in [2.75, 3.05) is 19.7 Å². The summed E-state index contributed by atoms with van der Waals surface area (Å²) in [7, 11) is 0. The Kier molecular flexibility index (Phi) is 7.03. The van der Waals surface area contributed by atoms with Crippen LogP contribution in [0.4, 0.5) is 0 Å². The third-order valence-corrected chi connectivity index (χ3v) is 3.30. The van der Waals surface area contributed by atoms with Gasteiger partial charge in [0, 0.05) is 6.54 Å². The van der Waals surface area contributed by atoms with Gasteiger partial charge in [-0.1, -0.05) is 20.3 Å². The Labute approximate surface area is 94.8 Å². The highest BCUT2D eigenvalue weighted by atomic mass is 16.5. The second-order valence-corrected chi connectivity index (χ2v) is 4.86. The zero-order chi connectivity index (χ0) is 10.9. The Morgan fingerprint density at radius 1 is 1.13 bits per heavy atom. The van der Waals surface area contributed by atoms with Crippen molar-refractivity contribution in [3.8, 4) is 0 Å². The predicted octanol–water partition coefficient (Wildman–Crippen LogP) is 2.97. The quantitative estimate of drug-likeness (QED) is 0.656. The summed E-state index contributed by atoms with van der Waals surface area (Å²) < 4.78 is 5.85. The van der Waals surface area contributed by atoms with Crippen molar-refractivity contribution in [3.05, 3.63) is 0 Å². The molecule has 0 aromatic rings. The van der Waals surface area contributed by atoms with Crippen molar-refractivity contribution >= 4 is 0 Å². The Hall–Kier alpha value is -0.0800. The second-order valence-electron chi connectivity index (χ2n) is 4.86. The van der Waals surface area contributed by atoms with Gasteiger partial charge in [-0.15, -0.1) is 0 Å². The predicted molar refractivity (Wildman–Crippen MR) is 65.1 cm³/mol. The van der Waals surface area contributed by atoms with E-state index in [-0.39, 0.29) is 0 Å². The Morgan fingerprint density at radius 3 is 2.53 bits per heavy atom. The molecule has 0 radical (unpaired) electrons. The van der Waals surface area contributed by atoms with E-state index in [0.717, 1.165) is 25.6 Å². The highest BCUT2D eigenvalue weighted by molar-refractivity contribution is 4.69. The summed E-state index contributed by atoms with van der Waals surface area (Å²) in [5.74, 6) is 0.924. The molecule has 90 valence electrons. The standard InChI is InChI=1S/C13H27NO/c1-3-4-9-14-10-11-15-13-7-5-12(2)6-8-13/h12-14H,3-11H2,1-2H3. The summed E-state index contributed by atoms with van der Waals surface area (Å²) in [5.41, 5.74) is 0. The molecule has 1 fully saturated rings. The van der Waals surface area contributed by atoms with E-state index in [2.05, 4.69) is 19.2 Å². The lowest BCUT2D eigenvalue weighted by Gasteiger charge is -2.26. The molecule has 1 N–H and O–H groups in total. The van der Waals surface area contributed by atoms with Crippen LogP contribution in [0.5, 0.6) is 0 Å². The smallest absolute Gasteiger partial charge is 0.0594 e. The maximum atomic E-state index is 5.85. The van der Waals surface area contributed by atoms with Crippen LogP contribution in [0.25, 0.3) is 0 Å². The van der Waals surface area contributed by atoms with Crippen LogP contribution in [0, 0.1) is 5.92 Å². The molecule has 0 saturated heterocycles. The molecule has 2 nitrogen and oxygen atoms in total. The summed E-state index contributed by atoms with van der Waals surface area (Å²) in [6.07, 6.45) is 8.36. The van der Waals surface area contributed by atoms with Gasteiger partial charge < -0.3 is 10.1 Å². The number of hydrogen-bond donors (Lipinski definition) is 1. The van der Waals surface area contributed by atoms with Gasteiger partial charge in [-0.05, 0) is 44.6 Å². The van der Waals surface area contributed by atoms with E-state index in [1.807, 2.05) is 0 Å². The molecule has 0 bridgehead atoms. The van der Waals surface area contributed by atoms with E-state index >= 15 is 0 Å². The molecule has 0 aliphatic heterocycles. The first kappa shape index (κ1) is 13.0. The van der Waals surface area contributed by atoms with Gasteiger partial charge in [0.15, 0.2) is 0 Å². The van der Waals surface area contributed by atoms with Crippen molar-refractivity contribution in [2.24, 2.45) is 5.92 Å². The summed E-state index contributed by atoms with van der Waals surface area (Å²) >= 11 is 0. The molecule has 1 aliphatic rings. The van der Waals surface area contributed by atoms with Gasteiger partial charge in [-0.3, -0.25) is 0 Å². The van der Waals surface area contributed by atoms with Crippen LogP contribution < -0.4 is 5.32 Å². The molecular weight excluding hydrogens is 186 g/mol. The van der Waals surface area contributed by atoms with Gasteiger partial charge >= 0.3 is 0 Å². The molecule has 2 heteroatoms. The van der Waals surface area contributed by atoms with Gasteiger partial charge in [0.25, 0.3) is 0 Å². The van der Waals surface area contributed by atoms with Crippen molar-refractivity contribution < 1.29 is 4.74 Å². The molecule has 0 aromatic carbocycles. The van der Waals surface area contributed by atoms with Gasteiger partial charge in [0.2, 0.25) is 0 Å². The Bertz CT molecular complexity index is 141. The van der Waals surface area contributed by atoms with Crippen LogP contribution >= 0.6 is 0 Å². The third kappa shape index (κ3) is 6.16. The topological polar surface area (TPSA) is 21.3 Å². The van der Waals surface area contributed by atoms with E-state index in [4.69, 9.17) is 4.74 Å². The van der Waals surface area contributed by atoms with Crippen molar-refractivity contribution in [1.82, 2.24) is 5.32 Å². The first-order chi connectivity index (χ1) is 7.33. The minimum atomic E-state index is 0.550. The monoisotopic (exact) mass is 213 g/mol. The molecule has 1 aliphatic carbocycles. The molecule has 1 saturated carbocycles. The van der Waals surface area contributed by atoms with Crippen LogP contribution in [0.2, 0.25) is 0 Å². The lowest BCUT2D eigenvalue weighted by molar-refractivity contribution is 0.0217. The fourth-order valence-electron chi connectivity index (χ4n) is 2.12. The summed E-state index contributed by atoms with van der Waals surface area (Å²) in [6.45, 7) is 7.63. The molecule has 0 atom stereocenters. The lowest BCUT2D eigenvalue weighted by atomic mass is 9.89. The van der Waals surface area contributed by atoms with Gasteiger partial charge in [-0.2, -0.15) is 0 Å². The lowest BCUT2D eigenvalue weighted by Crippen LogP contribution is -2.26. The molecule has 0 heterocycles. The van der Waals surface area contributed by atoms with Gasteiger partial charge in [-0.25, -0.2) is 0 Å². The fraction of sp³-hybridized carbons (Fsp3) is 1.00. The minimum Gasteiger partial charge on any atom is -0.377 e. The Morgan fingerprint density at radius 2 is 1.87 bits per heavy atom.